The van der Waals surface area contributed by atoms with Crippen molar-refractivity contribution in [3.63, 3.8) is 0 Å². The maximum atomic E-state index is 13.9. The molecule has 1 fully saturated rings. The summed E-state index contributed by atoms with van der Waals surface area (Å²) in [6.45, 7) is 7.30. The Bertz CT molecular complexity index is 793. The summed E-state index contributed by atoms with van der Waals surface area (Å²) in [5.74, 6) is 0.397. The van der Waals surface area contributed by atoms with Crippen LogP contribution in [0.3, 0.4) is 0 Å². The number of halogens is 2. The second kappa shape index (κ2) is 6.02. The zero-order valence-electron chi connectivity index (χ0n) is 14.2. The Morgan fingerprint density at radius 1 is 1.46 bits per heavy atom. The molecule has 1 saturated carbocycles. The number of aromatic nitrogens is 2. The number of benzene rings is 1. The van der Waals surface area contributed by atoms with Gasteiger partial charge in [-0.25, -0.2) is 14.2 Å². The molecule has 3 rings (SSSR count). The van der Waals surface area contributed by atoms with E-state index in [1.165, 1.54) is 6.07 Å². The molecule has 1 amide bonds. The Hall–Kier alpha value is -1.63. The van der Waals surface area contributed by atoms with Crippen LogP contribution in [0.1, 0.15) is 58.4 Å². The highest BCUT2D eigenvalue weighted by atomic mass is 79.9. The van der Waals surface area contributed by atoms with E-state index in [1.807, 2.05) is 32.3 Å². The lowest BCUT2D eigenvalue weighted by Crippen LogP contribution is -2.34. The number of hydrogen-bond donors (Lipinski definition) is 1. The normalized spacial score (nSPS) is 16.2. The summed E-state index contributed by atoms with van der Waals surface area (Å²) in [6.07, 6.45) is 1.57. The molecule has 1 aliphatic rings. The number of alkyl carbamates (subject to hydrolysis) is 1. The fourth-order valence-corrected chi connectivity index (χ4v) is 3.22. The first kappa shape index (κ1) is 17.2. The van der Waals surface area contributed by atoms with Crippen LogP contribution in [0.15, 0.2) is 16.6 Å². The molecule has 5 nitrogen and oxygen atoms in total. The van der Waals surface area contributed by atoms with Crippen LogP contribution in [0.5, 0.6) is 0 Å². The van der Waals surface area contributed by atoms with E-state index in [4.69, 9.17) is 4.74 Å². The molecule has 130 valence electrons. The maximum Gasteiger partial charge on any atom is 0.408 e. The first-order valence-electron chi connectivity index (χ1n) is 8.02. The molecule has 1 atom stereocenters. The number of amides is 1. The van der Waals surface area contributed by atoms with E-state index in [0.29, 0.717) is 21.9 Å². The Balaban J connectivity index is 1.96. The van der Waals surface area contributed by atoms with Crippen molar-refractivity contribution in [3.8, 4) is 0 Å². The number of hydrogen-bond acceptors (Lipinski definition) is 3. The van der Waals surface area contributed by atoms with Crippen molar-refractivity contribution >= 4 is 33.1 Å². The van der Waals surface area contributed by atoms with E-state index in [2.05, 4.69) is 26.2 Å². The summed E-state index contributed by atoms with van der Waals surface area (Å²) in [5, 5.41) is 2.82. The van der Waals surface area contributed by atoms with E-state index in [1.54, 1.807) is 6.07 Å². The van der Waals surface area contributed by atoms with Crippen molar-refractivity contribution in [2.24, 2.45) is 0 Å². The van der Waals surface area contributed by atoms with Crippen molar-refractivity contribution in [1.82, 2.24) is 14.9 Å². The summed E-state index contributed by atoms with van der Waals surface area (Å²) in [6, 6.07) is 3.01. The van der Waals surface area contributed by atoms with Gasteiger partial charge in [-0.05, 0) is 68.6 Å². The number of nitrogens with zero attached hydrogens (tertiary/aromatic N) is 2. The minimum Gasteiger partial charge on any atom is -0.444 e. The van der Waals surface area contributed by atoms with Gasteiger partial charge in [-0.2, -0.15) is 0 Å². The fraction of sp³-hybridized carbons (Fsp3) is 0.529. The molecule has 24 heavy (non-hydrogen) atoms. The molecule has 0 spiro atoms. The predicted octanol–water partition coefficient (Wildman–Crippen LogP) is 4.86. The Labute approximate surface area is 148 Å². The number of carbonyl (C=O) groups is 1. The van der Waals surface area contributed by atoms with E-state index in [0.717, 1.165) is 18.4 Å². The highest BCUT2D eigenvalue weighted by Gasteiger charge is 2.32. The predicted molar refractivity (Wildman–Crippen MR) is 93.4 cm³/mol. The van der Waals surface area contributed by atoms with Crippen LogP contribution in [0, 0.1) is 5.82 Å². The van der Waals surface area contributed by atoms with Crippen LogP contribution >= 0.6 is 15.9 Å². The minimum absolute atomic E-state index is 0.297. The van der Waals surface area contributed by atoms with Gasteiger partial charge in [0.2, 0.25) is 0 Å². The second-order valence-electron chi connectivity index (χ2n) is 7.17. The topological polar surface area (TPSA) is 56.1 Å². The van der Waals surface area contributed by atoms with Crippen molar-refractivity contribution in [2.75, 3.05) is 0 Å². The fourth-order valence-electron chi connectivity index (χ4n) is 2.70. The van der Waals surface area contributed by atoms with Gasteiger partial charge in [-0.3, -0.25) is 0 Å². The van der Waals surface area contributed by atoms with Crippen LogP contribution in [0.4, 0.5) is 9.18 Å². The molecule has 0 bridgehead atoms. The van der Waals surface area contributed by atoms with Gasteiger partial charge in [-0.15, -0.1) is 0 Å². The summed E-state index contributed by atoms with van der Waals surface area (Å²) >= 11 is 3.33. The maximum absolute atomic E-state index is 13.9. The first-order valence-corrected chi connectivity index (χ1v) is 8.82. The van der Waals surface area contributed by atoms with Crippen LogP contribution in [0.2, 0.25) is 0 Å². The van der Waals surface area contributed by atoms with Crippen molar-refractivity contribution in [2.45, 2.75) is 58.2 Å². The van der Waals surface area contributed by atoms with Crippen LogP contribution in [-0.4, -0.2) is 21.2 Å². The Kier molecular flexibility index (Phi) is 4.32. The molecule has 1 heterocycles. The lowest BCUT2D eigenvalue weighted by atomic mass is 10.2. The van der Waals surface area contributed by atoms with Gasteiger partial charge in [0.15, 0.2) is 0 Å². The van der Waals surface area contributed by atoms with Gasteiger partial charge in [0.1, 0.15) is 17.2 Å². The minimum atomic E-state index is -0.563. The summed E-state index contributed by atoms with van der Waals surface area (Å²) in [5.41, 5.74) is 0.889. The number of ether oxygens (including phenoxy) is 1. The molecule has 7 heteroatoms. The highest BCUT2D eigenvalue weighted by Crippen LogP contribution is 2.42. The quantitative estimate of drug-likeness (QED) is 0.804. The molecule has 0 aliphatic heterocycles. The lowest BCUT2D eigenvalue weighted by Gasteiger charge is -2.22. The highest BCUT2D eigenvalue weighted by molar-refractivity contribution is 9.10. The average Bonchev–Trinajstić information content (AvgIpc) is 3.20. The van der Waals surface area contributed by atoms with Gasteiger partial charge in [0, 0.05) is 6.04 Å². The van der Waals surface area contributed by atoms with Gasteiger partial charge >= 0.3 is 6.09 Å². The second-order valence-corrected chi connectivity index (χ2v) is 7.96. The first-order chi connectivity index (χ1) is 11.2. The molecule has 1 aromatic heterocycles. The molecule has 0 saturated heterocycles. The molecule has 1 aliphatic carbocycles. The van der Waals surface area contributed by atoms with Gasteiger partial charge in [0.25, 0.3) is 0 Å². The third kappa shape index (κ3) is 3.41. The molecule has 1 aromatic carbocycles. The standard InChI is InChI=1S/C17H21BrFN3O2/c1-9(20-16(23)24-17(2,3)4)15-21-12-8-7-11(19)13(18)14(12)22(15)10-5-6-10/h7-10H,5-6H2,1-4H3,(H,20,23). The summed E-state index contributed by atoms with van der Waals surface area (Å²) in [7, 11) is 0. The van der Waals surface area contributed by atoms with Gasteiger partial charge < -0.3 is 14.6 Å². The molecule has 1 N–H and O–H groups in total. The van der Waals surface area contributed by atoms with Crippen LogP contribution in [-0.2, 0) is 4.74 Å². The Morgan fingerprint density at radius 2 is 2.12 bits per heavy atom. The van der Waals surface area contributed by atoms with Crippen molar-refractivity contribution in [3.05, 3.63) is 28.2 Å². The smallest absolute Gasteiger partial charge is 0.408 e. The summed E-state index contributed by atoms with van der Waals surface area (Å²) in [4.78, 5) is 16.7. The summed E-state index contributed by atoms with van der Waals surface area (Å²) < 4.78 is 21.7. The third-order valence-corrected chi connectivity index (χ3v) is 4.56. The zero-order chi connectivity index (χ0) is 17.6. The third-order valence-electron chi connectivity index (χ3n) is 3.80. The van der Waals surface area contributed by atoms with Gasteiger partial charge in [0.05, 0.1) is 21.5 Å². The zero-order valence-corrected chi connectivity index (χ0v) is 15.8. The molecule has 2 aromatic rings. The molecule has 1 unspecified atom stereocenters. The number of imidazole rings is 1. The monoisotopic (exact) mass is 397 g/mol. The van der Waals surface area contributed by atoms with E-state index < -0.39 is 11.7 Å². The van der Waals surface area contributed by atoms with Crippen molar-refractivity contribution < 1.29 is 13.9 Å². The largest absolute Gasteiger partial charge is 0.444 e. The number of fused-ring (bicyclic) bond motifs is 1. The van der Waals surface area contributed by atoms with Crippen molar-refractivity contribution in [1.29, 1.82) is 0 Å². The SMILES string of the molecule is CC(NC(=O)OC(C)(C)C)c1nc2ccc(F)c(Br)c2n1C1CC1. The number of nitrogens with one attached hydrogen (secondary N) is 1. The Morgan fingerprint density at radius 3 is 2.71 bits per heavy atom. The molecular weight excluding hydrogens is 377 g/mol. The van der Waals surface area contributed by atoms with E-state index >= 15 is 0 Å². The van der Waals surface area contributed by atoms with Gasteiger partial charge in [-0.1, -0.05) is 0 Å². The van der Waals surface area contributed by atoms with E-state index in [9.17, 15) is 9.18 Å². The van der Waals surface area contributed by atoms with Crippen LogP contribution < -0.4 is 5.32 Å². The number of rotatable bonds is 3. The van der Waals surface area contributed by atoms with E-state index in [-0.39, 0.29) is 11.9 Å². The lowest BCUT2D eigenvalue weighted by molar-refractivity contribution is 0.0505. The molecular formula is C17H21BrFN3O2. The average molecular weight is 398 g/mol. The molecule has 0 radical (unpaired) electrons. The van der Waals surface area contributed by atoms with Crippen LogP contribution in [0.25, 0.3) is 11.0 Å². The number of carbonyl (C=O) groups excluding carboxylic acids is 1.